The van der Waals surface area contributed by atoms with Crippen molar-refractivity contribution in [1.82, 2.24) is 19.0 Å². The standard InChI is InChI=1S/C22H32N4O5S/c1-18-4-6-19(7-5-18)32(29,30)26-8-2-3-20(26)22(28)25-11-9-24(10-12-25)21(27)17-23-13-15-31-16-14-23/h4-7,20H,2-3,8-17H2,1H3/t20-/m0/s1. The summed E-state index contributed by atoms with van der Waals surface area (Å²) in [5, 5.41) is 0. The molecular weight excluding hydrogens is 432 g/mol. The molecule has 3 saturated heterocycles. The van der Waals surface area contributed by atoms with Crippen LogP contribution in [0.5, 0.6) is 0 Å². The van der Waals surface area contributed by atoms with Crippen molar-refractivity contribution < 1.29 is 22.7 Å². The molecule has 0 spiro atoms. The van der Waals surface area contributed by atoms with E-state index in [1.165, 1.54) is 4.31 Å². The molecule has 0 aromatic heterocycles. The Kier molecular flexibility index (Phi) is 7.14. The van der Waals surface area contributed by atoms with Gasteiger partial charge in [0.1, 0.15) is 6.04 Å². The molecule has 1 aromatic rings. The first-order valence-electron chi connectivity index (χ1n) is 11.3. The molecule has 2 amide bonds. The number of morpholine rings is 1. The van der Waals surface area contributed by atoms with Gasteiger partial charge in [-0.2, -0.15) is 4.31 Å². The number of piperazine rings is 1. The molecule has 0 unspecified atom stereocenters. The zero-order valence-electron chi connectivity index (χ0n) is 18.6. The van der Waals surface area contributed by atoms with E-state index in [9.17, 15) is 18.0 Å². The first-order chi connectivity index (χ1) is 15.4. The molecule has 3 heterocycles. The number of nitrogens with zero attached hydrogens (tertiary/aromatic N) is 4. The maximum atomic E-state index is 13.2. The largest absolute Gasteiger partial charge is 0.379 e. The molecule has 3 aliphatic heterocycles. The normalized spacial score (nSPS) is 23.5. The fourth-order valence-electron chi connectivity index (χ4n) is 4.56. The number of aryl methyl sites for hydroxylation is 1. The molecule has 0 bridgehead atoms. The molecule has 0 aliphatic carbocycles. The van der Waals surface area contributed by atoms with E-state index in [-0.39, 0.29) is 16.7 Å². The van der Waals surface area contributed by atoms with E-state index in [1.807, 2.05) is 6.92 Å². The lowest BCUT2D eigenvalue weighted by Crippen LogP contribution is -2.56. The van der Waals surface area contributed by atoms with Gasteiger partial charge < -0.3 is 14.5 Å². The van der Waals surface area contributed by atoms with E-state index in [2.05, 4.69) is 4.90 Å². The average Bonchev–Trinajstić information content (AvgIpc) is 3.31. The fourth-order valence-corrected chi connectivity index (χ4v) is 6.21. The van der Waals surface area contributed by atoms with Gasteiger partial charge >= 0.3 is 0 Å². The molecular formula is C22H32N4O5S. The number of benzene rings is 1. The van der Waals surface area contributed by atoms with Crippen LogP contribution in [0.4, 0.5) is 0 Å². The van der Waals surface area contributed by atoms with Gasteiger partial charge in [0.05, 0.1) is 24.7 Å². The molecule has 1 aromatic carbocycles. The zero-order chi connectivity index (χ0) is 22.7. The summed E-state index contributed by atoms with van der Waals surface area (Å²) >= 11 is 0. The number of sulfonamides is 1. The van der Waals surface area contributed by atoms with Crippen molar-refractivity contribution in [2.75, 3.05) is 65.6 Å². The smallest absolute Gasteiger partial charge is 0.243 e. The molecule has 0 N–H and O–H groups in total. The monoisotopic (exact) mass is 464 g/mol. The predicted molar refractivity (Wildman–Crippen MR) is 119 cm³/mol. The second kappa shape index (κ2) is 9.86. The molecule has 32 heavy (non-hydrogen) atoms. The van der Waals surface area contributed by atoms with Gasteiger partial charge in [-0.05, 0) is 31.9 Å². The highest BCUT2D eigenvalue weighted by Gasteiger charge is 2.41. The highest BCUT2D eigenvalue weighted by molar-refractivity contribution is 7.89. The summed E-state index contributed by atoms with van der Waals surface area (Å²) in [6, 6.07) is 6.07. The Bertz CT molecular complexity index is 922. The lowest BCUT2D eigenvalue weighted by molar-refractivity contribution is -0.142. The number of carbonyl (C=O) groups excluding carboxylic acids is 2. The molecule has 1 atom stereocenters. The Balaban J connectivity index is 1.35. The van der Waals surface area contributed by atoms with Crippen LogP contribution in [0.3, 0.4) is 0 Å². The van der Waals surface area contributed by atoms with Crippen LogP contribution >= 0.6 is 0 Å². The number of ether oxygens (including phenoxy) is 1. The third-order valence-electron chi connectivity index (χ3n) is 6.52. The minimum absolute atomic E-state index is 0.0726. The molecule has 3 fully saturated rings. The zero-order valence-corrected chi connectivity index (χ0v) is 19.4. The van der Waals surface area contributed by atoms with Gasteiger partial charge in [-0.15, -0.1) is 0 Å². The van der Waals surface area contributed by atoms with Crippen molar-refractivity contribution in [3.8, 4) is 0 Å². The molecule has 4 rings (SSSR count). The van der Waals surface area contributed by atoms with E-state index in [1.54, 1.807) is 34.1 Å². The van der Waals surface area contributed by atoms with Crippen molar-refractivity contribution in [3.05, 3.63) is 29.8 Å². The molecule has 10 heteroatoms. The quantitative estimate of drug-likeness (QED) is 0.616. The van der Waals surface area contributed by atoms with Crippen molar-refractivity contribution >= 4 is 21.8 Å². The van der Waals surface area contributed by atoms with Crippen LogP contribution < -0.4 is 0 Å². The molecule has 0 saturated carbocycles. The van der Waals surface area contributed by atoms with Gasteiger partial charge in [0.2, 0.25) is 21.8 Å². The van der Waals surface area contributed by atoms with Gasteiger partial charge in [0.25, 0.3) is 0 Å². The van der Waals surface area contributed by atoms with Crippen LogP contribution in [0, 0.1) is 6.92 Å². The van der Waals surface area contributed by atoms with E-state index in [0.29, 0.717) is 65.3 Å². The predicted octanol–water partition coefficient (Wildman–Crippen LogP) is 0.151. The van der Waals surface area contributed by atoms with Gasteiger partial charge in [0, 0.05) is 45.8 Å². The topological polar surface area (TPSA) is 90.5 Å². The maximum absolute atomic E-state index is 13.2. The van der Waals surface area contributed by atoms with E-state index in [0.717, 1.165) is 18.7 Å². The Morgan fingerprint density at radius 3 is 2.22 bits per heavy atom. The maximum Gasteiger partial charge on any atom is 0.243 e. The summed E-state index contributed by atoms with van der Waals surface area (Å²) in [6.45, 7) is 7.28. The third-order valence-corrected chi connectivity index (χ3v) is 8.45. The first kappa shape index (κ1) is 23.2. The Hall–Kier alpha value is -2.01. The highest BCUT2D eigenvalue weighted by atomic mass is 32.2. The van der Waals surface area contributed by atoms with Crippen LogP contribution in [0.15, 0.2) is 29.2 Å². The van der Waals surface area contributed by atoms with Gasteiger partial charge in [-0.25, -0.2) is 8.42 Å². The summed E-state index contributed by atoms with van der Waals surface area (Å²) in [6.07, 6.45) is 1.19. The van der Waals surface area contributed by atoms with Crippen LogP contribution in [0.25, 0.3) is 0 Å². The lowest BCUT2D eigenvalue weighted by atomic mass is 10.2. The second-order valence-electron chi connectivity index (χ2n) is 8.68. The number of rotatable bonds is 5. The molecule has 3 aliphatic rings. The van der Waals surface area contributed by atoms with E-state index < -0.39 is 16.1 Å². The minimum atomic E-state index is -3.72. The molecule has 176 valence electrons. The highest BCUT2D eigenvalue weighted by Crippen LogP contribution is 2.28. The van der Waals surface area contributed by atoms with Crippen molar-refractivity contribution in [2.24, 2.45) is 0 Å². The fraction of sp³-hybridized carbons (Fsp3) is 0.636. The van der Waals surface area contributed by atoms with Crippen LogP contribution in [0.2, 0.25) is 0 Å². The SMILES string of the molecule is Cc1ccc(S(=O)(=O)N2CCC[C@H]2C(=O)N2CCN(C(=O)CN3CCOCC3)CC2)cc1. The number of hydrogen-bond donors (Lipinski definition) is 0. The molecule has 9 nitrogen and oxygen atoms in total. The average molecular weight is 465 g/mol. The van der Waals surface area contributed by atoms with Crippen LogP contribution in [0.1, 0.15) is 18.4 Å². The molecule has 0 radical (unpaired) electrons. The second-order valence-corrected chi connectivity index (χ2v) is 10.6. The Morgan fingerprint density at radius 2 is 1.56 bits per heavy atom. The number of amides is 2. The van der Waals surface area contributed by atoms with Gasteiger partial charge in [-0.1, -0.05) is 17.7 Å². The summed E-state index contributed by atoms with van der Waals surface area (Å²) in [5.74, 6) is -0.0816. The summed E-state index contributed by atoms with van der Waals surface area (Å²) in [4.78, 5) is 31.7. The van der Waals surface area contributed by atoms with E-state index >= 15 is 0 Å². The number of hydrogen-bond acceptors (Lipinski definition) is 6. The van der Waals surface area contributed by atoms with Gasteiger partial charge in [0.15, 0.2) is 0 Å². The Morgan fingerprint density at radius 1 is 0.938 bits per heavy atom. The van der Waals surface area contributed by atoms with Crippen LogP contribution in [-0.2, 0) is 24.3 Å². The first-order valence-corrected chi connectivity index (χ1v) is 12.8. The minimum Gasteiger partial charge on any atom is -0.379 e. The summed E-state index contributed by atoms with van der Waals surface area (Å²) in [5.41, 5.74) is 0.985. The van der Waals surface area contributed by atoms with Crippen molar-refractivity contribution in [3.63, 3.8) is 0 Å². The van der Waals surface area contributed by atoms with E-state index in [4.69, 9.17) is 4.74 Å². The lowest BCUT2D eigenvalue weighted by Gasteiger charge is -2.38. The van der Waals surface area contributed by atoms with Gasteiger partial charge in [-0.3, -0.25) is 14.5 Å². The Labute approximate surface area is 189 Å². The van der Waals surface area contributed by atoms with Crippen molar-refractivity contribution in [2.45, 2.75) is 30.7 Å². The number of carbonyl (C=O) groups is 2. The van der Waals surface area contributed by atoms with Crippen LogP contribution in [-0.4, -0.2) is 111 Å². The van der Waals surface area contributed by atoms with Crippen molar-refractivity contribution in [1.29, 1.82) is 0 Å². The summed E-state index contributed by atoms with van der Waals surface area (Å²) < 4.78 is 33.0. The summed E-state index contributed by atoms with van der Waals surface area (Å²) in [7, 11) is -3.72. The third kappa shape index (κ3) is 4.98.